The Kier molecular flexibility index (Phi) is 5.29. The number of carboxylic acid groups (broad SMARTS) is 1. The number of nitrogens with zero attached hydrogens (tertiary/aromatic N) is 2. The van der Waals surface area contributed by atoms with Crippen LogP contribution in [0, 0.1) is 0 Å². The molecule has 3 heterocycles. The number of fused-ring (bicyclic) bond motifs is 4. The van der Waals surface area contributed by atoms with Crippen LogP contribution < -0.4 is 24.8 Å². The van der Waals surface area contributed by atoms with E-state index in [1.807, 2.05) is 12.1 Å². The normalized spacial score (nSPS) is 18.2. The molecule has 5 heteroatoms. The number of ether oxygens (including phenoxy) is 1. The molecule has 1 N–H and O–H groups in total. The van der Waals surface area contributed by atoms with E-state index in [4.69, 9.17) is 4.74 Å². The van der Waals surface area contributed by atoms with E-state index in [1.54, 1.807) is 12.1 Å². The lowest BCUT2D eigenvalue weighted by Gasteiger charge is -2.41. The second-order valence-electron chi connectivity index (χ2n) is 12.1. The van der Waals surface area contributed by atoms with Crippen molar-refractivity contribution in [1.29, 1.82) is 0 Å². The second-order valence-corrected chi connectivity index (χ2v) is 12.1. The van der Waals surface area contributed by atoms with E-state index in [-0.39, 0.29) is 16.6 Å². The Morgan fingerprint density at radius 2 is 1.56 bits per heavy atom. The summed E-state index contributed by atoms with van der Waals surface area (Å²) in [5.41, 5.74) is 8.22. The number of anilines is 1. The van der Waals surface area contributed by atoms with E-state index < -0.39 is 5.97 Å². The van der Waals surface area contributed by atoms with Crippen LogP contribution >= 0.6 is 0 Å². The summed E-state index contributed by atoms with van der Waals surface area (Å²) in [7, 11) is 4.22. The Morgan fingerprint density at radius 3 is 2.28 bits per heavy atom. The summed E-state index contributed by atoms with van der Waals surface area (Å²) in [5, 5.41) is 12.2. The van der Waals surface area contributed by atoms with Gasteiger partial charge in [0, 0.05) is 60.1 Å². The molecule has 0 aromatic heterocycles. The molecule has 0 aliphatic carbocycles. The Labute approximate surface area is 229 Å². The highest BCUT2D eigenvalue weighted by molar-refractivity contribution is 5.99. The number of hydrogen-bond donors (Lipinski definition) is 1. The molecular formula is C34H35N2O3+. The number of carboxylic acids is 1. The summed E-state index contributed by atoms with van der Waals surface area (Å²) in [6.07, 6.45) is 4.57. The summed E-state index contributed by atoms with van der Waals surface area (Å²) in [4.78, 5) is 14.7. The lowest BCUT2D eigenvalue weighted by atomic mass is 9.83. The van der Waals surface area contributed by atoms with Gasteiger partial charge in [0.2, 0.25) is 5.36 Å². The molecule has 0 bridgehead atoms. The molecule has 0 amide bonds. The van der Waals surface area contributed by atoms with Crippen molar-refractivity contribution in [3.05, 3.63) is 99.1 Å². The molecule has 6 rings (SSSR count). The van der Waals surface area contributed by atoms with Gasteiger partial charge in [0.1, 0.15) is 18.5 Å². The number of allylic oxidation sites excluding steroid dienone is 2. The standard InChI is InChI=1S/C34H34N2O3/c1-19-17-33(3,4)35(7)27-15-29-25(13-23(19)27)31(21-11-9-10-12-22(21)32(37)38)26-14-24-20(2)18-34(5,6)36(8)28(24)16-30(26)39-29/h9-18H,1-8H3/p+1. The van der Waals surface area contributed by atoms with Gasteiger partial charge in [-0.2, -0.15) is 0 Å². The molecule has 0 unspecified atom stereocenters. The van der Waals surface area contributed by atoms with Gasteiger partial charge in [-0.15, -0.1) is 0 Å². The fraction of sp³-hybridized carbons (Fsp3) is 0.294. The molecule has 0 fully saturated rings. The van der Waals surface area contributed by atoms with Crippen LogP contribution in [-0.2, 0) is 0 Å². The van der Waals surface area contributed by atoms with E-state index in [0.29, 0.717) is 5.56 Å². The van der Waals surface area contributed by atoms with Gasteiger partial charge in [0.25, 0.3) is 0 Å². The molecule has 0 saturated carbocycles. The van der Waals surface area contributed by atoms with E-state index >= 15 is 0 Å². The van der Waals surface area contributed by atoms with Crippen molar-refractivity contribution in [1.82, 2.24) is 4.58 Å². The first-order chi connectivity index (χ1) is 18.3. The van der Waals surface area contributed by atoms with Gasteiger partial charge in [-0.3, -0.25) is 0 Å². The molecule has 3 aliphatic rings. The molecule has 0 radical (unpaired) electrons. The van der Waals surface area contributed by atoms with Gasteiger partial charge in [-0.25, -0.2) is 9.37 Å². The van der Waals surface area contributed by atoms with Crippen LogP contribution in [0.1, 0.15) is 74.2 Å². The third-order valence-electron chi connectivity index (χ3n) is 8.82. The fourth-order valence-electron chi connectivity index (χ4n) is 6.36. The number of aromatic carboxylic acids is 1. The van der Waals surface area contributed by atoms with Crippen LogP contribution in [0.3, 0.4) is 0 Å². The lowest BCUT2D eigenvalue weighted by molar-refractivity contribution is 0.0696. The predicted molar refractivity (Wildman–Crippen MR) is 158 cm³/mol. The van der Waals surface area contributed by atoms with Gasteiger partial charge in [-0.05, 0) is 68.7 Å². The molecule has 5 nitrogen and oxygen atoms in total. The summed E-state index contributed by atoms with van der Waals surface area (Å²) in [6.45, 7) is 13.1. The van der Waals surface area contributed by atoms with Crippen LogP contribution in [0.5, 0.6) is 11.5 Å². The van der Waals surface area contributed by atoms with Crippen molar-refractivity contribution < 1.29 is 14.6 Å². The molecule has 39 heavy (non-hydrogen) atoms. The van der Waals surface area contributed by atoms with Gasteiger partial charge in [-0.1, -0.05) is 24.3 Å². The maximum absolute atomic E-state index is 12.4. The highest BCUT2D eigenvalue weighted by Crippen LogP contribution is 2.46. The van der Waals surface area contributed by atoms with E-state index in [1.165, 1.54) is 11.1 Å². The Morgan fingerprint density at radius 1 is 0.872 bits per heavy atom. The zero-order chi connectivity index (χ0) is 28.0. The minimum absolute atomic E-state index is 0.141. The predicted octanol–water partition coefficient (Wildman–Crippen LogP) is 5.69. The smallest absolute Gasteiger partial charge is 0.336 e. The quantitative estimate of drug-likeness (QED) is 0.346. The van der Waals surface area contributed by atoms with E-state index in [9.17, 15) is 9.90 Å². The number of likely N-dealkylation sites (N-methyl/N-ethyl adjacent to an activating group) is 2. The molecule has 3 aromatic rings. The number of carbonyl (C=O) groups is 1. The summed E-state index contributed by atoms with van der Waals surface area (Å²) >= 11 is 0. The lowest BCUT2D eigenvalue weighted by Crippen LogP contribution is -2.47. The molecule has 3 aliphatic heterocycles. The largest absolute Gasteiger partial charge is 0.478 e. The van der Waals surface area contributed by atoms with Crippen molar-refractivity contribution in [2.24, 2.45) is 0 Å². The van der Waals surface area contributed by atoms with Crippen LogP contribution in [0.25, 0.3) is 16.7 Å². The highest BCUT2D eigenvalue weighted by Gasteiger charge is 2.35. The maximum Gasteiger partial charge on any atom is 0.336 e. The zero-order valence-electron chi connectivity index (χ0n) is 23.9. The first-order valence-electron chi connectivity index (χ1n) is 13.4. The topological polar surface area (TPSA) is 52.8 Å². The summed E-state index contributed by atoms with van der Waals surface area (Å²) in [5.74, 6) is 0.524. The van der Waals surface area contributed by atoms with Gasteiger partial charge < -0.3 is 14.7 Å². The second kappa shape index (κ2) is 8.19. The average molecular weight is 520 g/mol. The highest BCUT2D eigenvalue weighted by atomic mass is 16.5. The van der Waals surface area contributed by atoms with Crippen molar-refractivity contribution in [3.63, 3.8) is 0 Å². The summed E-state index contributed by atoms with van der Waals surface area (Å²) < 4.78 is 8.98. The molecule has 0 spiro atoms. The van der Waals surface area contributed by atoms with Crippen molar-refractivity contribution in [2.75, 3.05) is 19.0 Å². The zero-order valence-corrected chi connectivity index (χ0v) is 23.9. The van der Waals surface area contributed by atoms with Gasteiger partial charge >= 0.3 is 5.97 Å². The first kappa shape index (κ1) is 25.2. The van der Waals surface area contributed by atoms with Crippen molar-refractivity contribution in [2.45, 2.75) is 52.6 Å². The SMILES string of the molecule is CC1=CC(C)(C)N(C)c2cc3c(cc21)C(c1ccccc1C(=O)O)=c1cc2c(cc1O3)=[N+](C)C(C)(C)C=C2C. The number of hydrogen-bond acceptors (Lipinski definition) is 3. The molecule has 0 saturated heterocycles. The van der Waals surface area contributed by atoms with Crippen LogP contribution in [-0.4, -0.2) is 36.2 Å². The Hall–Kier alpha value is -4.12. The fourth-order valence-corrected chi connectivity index (χ4v) is 6.36. The number of benzene rings is 3. The van der Waals surface area contributed by atoms with E-state index in [2.05, 4.69) is 102 Å². The van der Waals surface area contributed by atoms with Crippen LogP contribution in [0.2, 0.25) is 0 Å². The van der Waals surface area contributed by atoms with Gasteiger partial charge in [0.05, 0.1) is 17.2 Å². The molecular weight excluding hydrogens is 484 g/mol. The Bertz CT molecular complexity index is 1800. The molecule has 198 valence electrons. The monoisotopic (exact) mass is 519 g/mol. The molecule has 0 atom stereocenters. The average Bonchev–Trinajstić information content (AvgIpc) is 2.87. The first-order valence-corrected chi connectivity index (χ1v) is 13.4. The minimum atomic E-state index is -0.946. The van der Waals surface area contributed by atoms with Gasteiger partial charge in [0.15, 0.2) is 5.54 Å². The third kappa shape index (κ3) is 3.67. The van der Waals surface area contributed by atoms with Crippen LogP contribution in [0.15, 0.2) is 60.7 Å². The minimum Gasteiger partial charge on any atom is -0.478 e. The van der Waals surface area contributed by atoms with Crippen LogP contribution in [0.4, 0.5) is 5.69 Å². The summed E-state index contributed by atoms with van der Waals surface area (Å²) in [6, 6.07) is 15.9. The third-order valence-corrected chi connectivity index (χ3v) is 8.82. The maximum atomic E-state index is 12.4. The Balaban J connectivity index is 1.77. The van der Waals surface area contributed by atoms with Crippen molar-refractivity contribution >= 4 is 28.4 Å². The van der Waals surface area contributed by atoms with Crippen molar-refractivity contribution in [3.8, 4) is 11.5 Å². The molecule has 3 aromatic carbocycles. The van der Waals surface area contributed by atoms with E-state index in [0.717, 1.165) is 50.0 Å². The number of rotatable bonds is 2.